The molecule has 1 aromatic heterocycles. The Labute approximate surface area is 148 Å². The van der Waals surface area contributed by atoms with Crippen molar-refractivity contribution in [3.05, 3.63) is 36.5 Å². The molecule has 0 radical (unpaired) electrons. The van der Waals surface area contributed by atoms with Gasteiger partial charge in [-0.3, -0.25) is 9.89 Å². The van der Waals surface area contributed by atoms with Gasteiger partial charge in [0.2, 0.25) is 5.91 Å². The largest absolute Gasteiger partial charge is 0.326 e. The number of aromatic nitrogens is 2. The third-order valence-corrected chi connectivity index (χ3v) is 5.44. The number of H-pyrrole nitrogens is 1. The van der Waals surface area contributed by atoms with Crippen LogP contribution in [0.15, 0.2) is 36.5 Å². The van der Waals surface area contributed by atoms with E-state index in [9.17, 15) is 4.79 Å². The van der Waals surface area contributed by atoms with Crippen molar-refractivity contribution in [3.8, 4) is 11.3 Å². The quantitative estimate of drug-likeness (QED) is 0.799. The van der Waals surface area contributed by atoms with Crippen molar-refractivity contribution >= 4 is 24.0 Å². The second kappa shape index (κ2) is 6.95. The Morgan fingerprint density at radius 3 is 2.79 bits per heavy atom. The smallest absolute Gasteiger partial charge is 0.232 e. The molecule has 5 nitrogen and oxygen atoms in total. The summed E-state index contributed by atoms with van der Waals surface area (Å²) in [5.41, 5.74) is 2.70. The van der Waals surface area contributed by atoms with Crippen molar-refractivity contribution in [1.82, 2.24) is 15.5 Å². The standard InChI is InChI=1S/C18H22N4O.ClH/c23-17(18-9-2-1-3-14(18)11-19-12-18)21-15-6-4-13(5-7-15)16-8-10-20-22-16;/h4-8,10,14,19H,1-3,9,11-12H2,(H,20,22)(H,21,23);1H/t14-,18+;/m0./s1. The Balaban J connectivity index is 0.00000169. The van der Waals surface area contributed by atoms with Gasteiger partial charge in [-0.1, -0.05) is 25.0 Å². The first kappa shape index (κ1) is 17.0. The van der Waals surface area contributed by atoms with Gasteiger partial charge in [-0.15, -0.1) is 12.4 Å². The van der Waals surface area contributed by atoms with Crippen LogP contribution < -0.4 is 10.6 Å². The zero-order valence-corrected chi connectivity index (χ0v) is 14.4. The summed E-state index contributed by atoms with van der Waals surface area (Å²) < 4.78 is 0. The topological polar surface area (TPSA) is 69.8 Å². The summed E-state index contributed by atoms with van der Waals surface area (Å²) in [6.45, 7) is 1.79. The molecule has 1 saturated carbocycles. The summed E-state index contributed by atoms with van der Waals surface area (Å²) in [5, 5.41) is 13.5. The molecule has 2 aromatic rings. The molecule has 2 fully saturated rings. The van der Waals surface area contributed by atoms with Gasteiger partial charge in [0.15, 0.2) is 0 Å². The maximum Gasteiger partial charge on any atom is 0.232 e. The highest BCUT2D eigenvalue weighted by Gasteiger charge is 2.49. The highest BCUT2D eigenvalue weighted by atomic mass is 35.5. The van der Waals surface area contributed by atoms with Crippen molar-refractivity contribution in [1.29, 1.82) is 0 Å². The predicted molar refractivity (Wildman–Crippen MR) is 97.2 cm³/mol. The third kappa shape index (κ3) is 2.94. The van der Waals surface area contributed by atoms with Gasteiger partial charge in [-0.05, 0) is 49.1 Å². The molecule has 6 heteroatoms. The van der Waals surface area contributed by atoms with E-state index in [4.69, 9.17) is 0 Å². The molecule has 0 spiro atoms. The van der Waals surface area contributed by atoms with Crippen molar-refractivity contribution < 1.29 is 4.79 Å². The monoisotopic (exact) mass is 346 g/mol. The third-order valence-electron chi connectivity index (χ3n) is 5.44. The highest BCUT2D eigenvalue weighted by Crippen LogP contribution is 2.44. The molecule has 128 valence electrons. The zero-order chi connectivity index (χ0) is 15.7. The van der Waals surface area contributed by atoms with Crippen LogP contribution in [0.3, 0.4) is 0 Å². The lowest BCUT2D eigenvalue weighted by atomic mass is 9.67. The molecule has 4 rings (SSSR count). The van der Waals surface area contributed by atoms with E-state index in [1.807, 2.05) is 30.3 Å². The van der Waals surface area contributed by atoms with E-state index in [0.717, 1.165) is 42.9 Å². The Bertz CT molecular complexity index is 686. The number of halogens is 1. The van der Waals surface area contributed by atoms with Gasteiger partial charge in [0, 0.05) is 18.4 Å². The van der Waals surface area contributed by atoms with Crippen LogP contribution in [-0.2, 0) is 4.79 Å². The molecule has 1 aliphatic carbocycles. The van der Waals surface area contributed by atoms with Gasteiger partial charge in [-0.25, -0.2) is 0 Å². The summed E-state index contributed by atoms with van der Waals surface area (Å²) in [7, 11) is 0. The molecular formula is C18H23ClN4O. The molecular weight excluding hydrogens is 324 g/mol. The number of nitrogens with one attached hydrogen (secondary N) is 3. The molecule has 1 aliphatic heterocycles. The van der Waals surface area contributed by atoms with Crippen LogP contribution in [0.1, 0.15) is 25.7 Å². The summed E-state index contributed by atoms with van der Waals surface area (Å²) >= 11 is 0. The Kier molecular flexibility index (Phi) is 4.92. The lowest BCUT2D eigenvalue weighted by Gasteiger charge is -2.37. The minimum Gasteiger partial charge on any atom is -0.326 e. The molecule has 1 amide bonds. The second-order valence-corrected chi connectivity index (χ2v) is 6.73. The fourth-order valence-corrected chi connectivity index (χ4v) is 4.10. The van der Waals surface area contributed by atoms with E-state index in [1.54, 1.807) is 6.20 Å². The van der Waals surface area contributed by atoms with Gasteiger partial charge in [-0.2, -0.15) is 5.10 Å². The number of hydrogen-bond donors (Lipinski definition) is 3. The van der Waals surface area contributed by atoms with Crippen molar-refractivity contribution in [3.63, 3.8) is 0 Å². The lowest BCUT2D eigenvalue weighted by Crippen LogP contribution is -2.44. The molecule has 1 aromatic carbocycles. The van der Waals surface area contributed by atoms with Crippen molar-refractivity contribution in [2.75, 3.05) is 18.4 Å². The average Bonchev–Trinajstić information content (AvgIpc) is 3.25. The number of fused-ring (bicyclic) bond motifs is 1. The molecule has 2 heterocycles. The van der Waals surface area contributed by atoms with E-state index in [1.165, 1.54) is 12.8 Å². The minimum absolute atomic E-state index is 0. The van der Waals surface area contributed by atoms with E-state index < -0.39 is 0 Å². The van der Waals surface area contributed by atoms with Crippen LogP contribution in [0.2, 0.25) is 0 Å². The number of hydrogen-bond acceptors (Lipinski definition) is 3. The van der Waals surface area contributed by atoms with Crippen LogP contribution in [0.5, 0.6) is 0 Å². The number of aromatic amines is 1. The van der Waals surface area contributed by atoms with E-state index in [0.29, 0.717) is 5.92 Å². The predicted octanol–water partition coefficient (Wildman–Crippen LogP) is 3.22. The Morgan fingerprint density at radius 1 is 1.21 bits per heavy atom. The average molecular weight is 347 g/mol. The maximum atomic E-state index is 12.9. The Hall–Kier alpha value is -1.85. The van der Waals surface area contributed by atoms with Crippen LogP contribution >= 0.6 is 12.4 Å². The summed E-state index contributed by atoms with van der Waals surface area (Å²) in [5.74, 6) is 0.669. The lowest BCUT2D eigenvalue weighted by molar-refractivity contribution is -0.128. The zero-order valence-electron chi connectivity index (χ0n) is 13.5. The van der Waals surface area contributed by atoms with Gasteiger partial charge in [0.25, 0.3) is 0 Å². The van der Waals surface area contributed by atoms with Crippen LogP contribution in [0.4, 0.5) is 5.69 Å². The van der Waals surface area contributed by atoms with Crippen molar-refractivity contribution in [2.45, 2.75) is 25.7 Å². The first-order valence-electron chi connectivity index (χ1n) is 8.40. The second-order valence-electron chi connectivity index (χ2n) is 6.73. The van der Waals surface area contributed by atoms with Gasteiger partial charge < -0.3 is 10.6 Å². The number of benzene rings is 1. The van der Waals surface area contributed by atoms with Gasteiger partial charge >= 0.3 is 0 Å². The number of nitrogens with zero attached hydrogens (tertiary/aromatic N) is 1. The minimum atomic E-state index is -0.208. The molecule has 0 bridgehead atoms. The SMILES string of the molecule is Cl.O=C(Nc1ccc(-c2ccn[nH]2)cc1)[C@@]12CCCC[C@H]1CNC2. The maximum absolute atomic E-state index is 12.9. The summed E-state index contributed by atoms with van der Waals surface area (Å²) in [6, 6.07) is 9.87. The van der Waals surface area contributed by atoms with Gasteiger partial charge in [0.05, 0.1) is 11.1 Å². The fraction of sp³-hybridized carbons (Fsp3) is 0.444. The van der Waals surface area contributed by atoms with Crippen LogP contribution in [0, 0.1) is 11.3 Å². The molecule has 24 heavy (non-hydrogen) atoms. The van der Waals surface area contributed by atoms with E-state index in [-0.39, 0.29) is 23.7 Å². The van der Waals surface area contributed by atoms with Crippen LogP contribution in [-0.4, -0.2) is 29.2 Å². The van der Waals surface area contributed by atoms with E-state index in [2.05, 4.69) is 20.8 Å². The number of carbonyl (C=O) groups is 1. The van der Waals surface area contributed by atoms with E-state index >= 15 is 0 Å². The first-order chi connectivity index (χ1) is 11.3. The molecule has 3 N–H and O–H groups in total. The molecule has 2 aliphatic rings. The molecule has 1 saturated heterocycles. The normalized spacial score (nSPS) is 25.6. The number of rotatable bonds is 3. The summed E-state index contributed by atoms with van der Waals surface area (Å²) in [6.07, 6.45) is 6.31. The summed E-state index contributed by atoms with van der Waals surface area (Å²) in [4.78, 5) is 12.9. The highest BCUT2D eigenvalue weighted by molar-refractivity contribution is 5.96. The Morgan fingerprint density at radius 2 is 2.04 bits per heavy atom. The fourth-order valence-electron chi connectivity index (χ4n) is 4.10. The van der Waals surface area contributed by atoms with Gasteiger partial charge in [0.1, 0.15) is 0 Å². The first-order valence-corrected chi connectivity index (χ1v) is 8.40. The van der Waals surface area contributed by atoms with Crippen LogP contribution in [0.25, 0.3) is 11.3 Å². The molecule has 2 atom stereocenters. The van der Waals surface area contributed by atoms with Crippen molar-refractivity contribution in [2.24, 2.45) is 11.3 Å². The molecule has 0 unspecified atom stereocenters. The number of amides is 1. The number of anilines is 1. The number of carbonyl (C=O) groups excluding carboxylic acids is 1.